The third kappa shape index (κ3) is 4.30. The number of aromatic nitrogens is 3. The van der Waals surface area contributed by atoms with Crippen molar-refractivity contribution in [2.45, 2.75) is 25.5 Å². The molecule has 2 N–H and O–H groups in total. The molecule has 0 aliphatic carbocycles. The normalized spacial score (nSPS) is 13.2. The second kappa shape index (κ2) is 7.72. The van der Waals surface area contributed by atoms with E-state index in [-0.39, 0.29) is 11.9 Å². The second-order valence-electron chi connectivity index (χ2n) is 5.95. The number of carbonyl (C=O) groups excluding carboxylic acids is 1. The fourth-order valence-corrected chi connectivity index (χ4v) is 2.63. The van der Waals surface area contributed by atoms with Gasteiger partial charge in [0, 0.05) is 17.3 Å². The first-order chi connectivity index (χ1) is 12.1. The van der Waals surface area contributed by atoms with Crippen LogP contribution in [0.25, 0.3) is 5.69 Å². The van der Waals surface area contributed by atoms with Crippen LogP contribution in [0.15, 0.2) is 67.3 Å². The van der Waals surface area contributed by atoms with Gasteiger partial charge in [-0.1, -0.05) is 30.3 Å². The van der Waals surface area contributed by atoms with Gasteiger partial charge in [-0.25, -0.2) is 0 Å². The summed E-state index contributed by atoms with van der Waals surface area (Å²) in [7, 11) is 0. The molecule has 3 rings (SSSR count). The standard InChI is InChI=1S/C19H20N4O2/c1-14(11-18(24)15-5-3-2-4-6-15)22-19(25)16-7-9-17(10-8-16)23-12-20-21-13-23/h2-10,12-14,18,24H,11H2,1H3,(H,22,25). The van der Waals surface area contributed by atoms with Crippen molar-refractivity contribution in [3.63, 3.8) is 0 Å². The number of aliphatic hydroxyl groups excluding tert-OH is 1. The molecule has 1 aromatic heterocycles. The fraction of sp³-hybridized carbons (Fsp3) is 0.211. The summed E-state index contributed by atoms with van der Waals surface area (Å²) >= 11 is 0. The van der Waals surface area contributed by atoms with Crippen LogP contribution in [0, 0.1) is 0 Å². The van der Waals surface area contributed by atoms with Crippen molar-refractivity contribution in [2.24, 2.45) is 0 Å². The van der Waals surface area contributed by atoms with Crippen molar-refractivity contribution in [3.8, 4) is 5.69 Å². The number of aliphatic hydroxyl groups is 1. The number of hydrogen-bond acceptors (Lipinski definition) is 4. The lowest BCUT2D eigenvalue weighted by Gasteiger charge is -2.18. The molecule has 25 heavy (non-hydrogen) atoms. The molecule has 0 bridgehead atoms. The van der Waals surface area contributed by atoms with E-state index in [1.54, 1.807) is 29.4 Å². The lowest BCUT2D eigenvalue weighted by atomic mass is 10.0. The molecule has 2 atom stereocenters. The average Bonchev–Trinajstić information content (AvgIpc) is 3.17. The molecule has 0 aliphatic heterocycles. The summed E-state index contributed by atoms with van der Waals surface area (Å²) in [4.78, 5) is 12.3. The molecule has 0 spiro atoms. The number of rotatable bonds is 6. The van der Waals surface area contributed by atoms with E-state index in [1.165, 1.54) is 0 Å². The van der Waals surface area contributed by atoms with E-state index in [9.17, 15) is 9.90 Å². The van der Waals surface area contributed by atoms with Crippen molar-refractivity contribution in [2.75, 3.05) is 0 Å². The van der Waals surface area contributed by atoms with E-state index in [2.05, 4.69) is 15.5 Å². The Morgan fingerprint density at radius 3 is 2.36 bits per heavy atom. The zero-order valence-corrected chi connectivity index (χ0v) is 13.9. The molecule has 0 saturated carbocycles. The van der Waals surface area contributed by atoms with Gasteiger partial charge in [-0.2, -0.15) is 0 Å². The minimum Gasteiger partial charge on any atom is -0.388 e. The van der Waals surface area contributed by atoms with E-state index in [4.69, 9.17) is 0 Å². The quantitative estimate of drug-likeness (QED) is 0.725. The van der Waals surface area contributed by atoms with Gasteiger partial charge in [-0.15, -0.1) is 10.2 Å². The fourth-order valence-electron chi connectivity index (χ4n) is 2.63. The summed E-state index contributed by atoms with van der Waals surface area (Å²) in [5.41, 5.74) is 2.30. The summed E-state index contributed by atoms with van der Waals surface area (Å²) in [6.07, 6.45) is 3.05. The van der Waals surface area contributed by atoms with Crippen LogP contribution in [0.5, 0.6) is 0 Å². The molecule has 0 aliphatic rings. The van der Waals surface area contributed by atoms with Gasteiger partial charge < -0.3 is 10.4 Å². The lowest BCUT2D eigenvalue weighted by Crippen LogP contribution is -2.33. The molecule has 0 radical (unpaired) electrons. The van der Waals surface area contributed by atoms with E-state index in [1.807, 2.05) is 49.4 Å². The number of benzene rings is 2. The highest BCUT2D eigenvalue weighted by molar-refractivity contribution is 5.94. The van der Waals surface area contributed by atoms with Gasteiger partial charge in [-0.3, -0.25) is 9.36 Å². The molecule has 2 unspecified atom stereocenters. The third-order valence-electron chi connectivity index (χ3n) is 3.99. The van der Waals surface area contributed by atoms with Crippen LogP contribution in [-0.2, 0) is 0 Å². The molecule has 3 aromatic rings. The molecule has 2 aromatic carbocycles. The zero-order chi connectivity index (χ0) is 17.6. The maximum absolute atomic E-state index is 12.3. The van der Waals surface area contributed by atoms with E-state index < -0.39 is 6.10 Å². The Morgan fingerprint density at radius 2 is 1.72 bits per heavy atom. The third-order valence-corrected chi connectivity index (χ3v) is 3.99. The van der Waals surface area contributed by atoms with Crippen LogP contribution in [0.3, 0.4) is 0 Å². The van der Waals surface area contributed by atoms with Crippen LogP contribution < -0.4 is 5.32 Å². The van der Waals surface area contributed by atoms with Gasteiger partial charge >= 0.3 is 0 Å². The van der Waals surface area contributed by atoms with Gasteiger partial charge in [0.25, 0.3) is 5.91 Å². The monoisotopic (exact) mass is 336 g/mol. The van der Waals surface area contributed by atoms with Gasteiger partial charge in [0.15, 0.2) is 0 Å². The van der Waals surface area contributed by atoms with Gasteiger partial charge in [-0.05, 0) is 43.2 Å². The predicted octanol–water partition coefficient (Wildman–Crippen LogP) is 2.51. The van der Waals surface area contributed by atoms with Crippen molar-refractivity contribution in [1.29, 1.82) is 0 Å². The van der Waals surface area contributed by atoms with Gasteiger partial charge in [0.05, 0.1) is 6.10 Å². The zero-order valence-electron chi connectivity index (χ0n) is 13.9. The van der Waals surface area contributed by atoms with Crippen LogP contribution in [0.2, 0.25) is 0 Å². The Kier molecular flexibility index (Phi) is 5.20. The van der Waals surface area contributed by atoms with Crippen molar-refractivity contribution in [3.05, 3.63) is 78.4 Å². The van der Waals surface area contributed by atoms with Crippen LogP contribution in [-0.4, -0.2) is 31.8 Å². The molecule has 1 heterocycles. The summed E-state index contributed by atoms with van der Waals surface area (Å²) in [6, 6.07) is 16.5. The molecule has 6 heteroatoms. The van der Waals surface area contributed by atoms with E-state index in [0.717, 1.165) is 11.3 Å². The summed E-state index contributed by atoms with van der Waals surface area (Å²) in [5.74, 6) is -0.164. The number of amides is 1. The van der Waals surface area contributed by atoms with Crippen molar-refractivity contribution >= 4 is 5.91 Å². The number of nitrogens with one attached hydrogen (secondary N) is 1. The highest BCUT2D eigenvalue weighted by Crippen LogP contribution is 2.18. The van der Waals surface area contributed by atoms with Crippen LogP contribution in [0.1, 0.15) is 35.4 Å². The molecule has 1 amide bonds. The first kappa shape index (κ1) is 16.9. The van der Waals surface area contributed by atoms with Gasteiger partial charge in [0.1, 0.15) is 12.7 Å². The van der Waals surface area contributed by atoms with Crippen molar-refractivity contribution < 1.29 is 9.90 Å². The maximum atomic E-state index is 12.3. The topological polar surface area (TPSA) is 80.0 Å². The largest absolute Gasteiger partial charge is 0.388 e. The average molecular weight is 336 g/mol. The van der Waals surface area contributed by atoms with Crippen LogP contribution in [0.4, 0.5) is 0 Å². The summed E-state index contributed by atoms with van der Waals surface area (Å²) in [5, 5.41) is 20.7. The Hall–Kier alpha value is -2.99. The molecule has 0 fully saturated rings. The summed E-state index contributed by atoms with van der Waals surface area (Å²) in [6.45, 7) is 1.88. The Balaban J connectivity index is 1.58. The molecule has 128 valence electrons. The molecule has 6 nitrogen and oxygen atoms in total. The summed E-state index contributed by atoms with van der Waals surface area (Å²) < 4.78 is 1.76. The number of hydrogen-bond donors (Lipinski definition) is 2. The molecule has 0 saturated heterocycles. The van der Waals surface area contributed by atoms with E-state index in [0.29, 0.717) is 12.0 Å². The maximum Gasteiger partial charge on any atom is 0.251 e. The highest BCUT2D eigenvalue weighted by atomic mass is 16.3. The predicted molar refractivity (Wildman–Crippen MR) is 94.3 cm³/mol. The van der Waals surface area contributed by atoms with Crippen molar-refractivity contribution in [1.82, 2.24) is 20.1 Å². The van der Waals surface area contributed by atoms with Crippen LogP contribution >= 0.6 is 0 Å². The SMILES string of the molecule is CC(CC(O)c1ccccc1)NC(=O)c1ccc(-n2cnnc2)cc1. The Morgan fingerprint density at radius 1 is 1.08 bits per heavy atom. The number of nitrogens with zero attached hydrogens (tertiary/aromatic N) is 3. The second-order valence-corrected chi connectivity index (χ2v) is 5.95. The Labute approximate surface area is 146 Å². The first-order valence-electron chi connectivity index (χ1n) is 8.12. The minimum atomic E-state index is -0.604. The molecular weight excluding hydrogens is 316 g/mol. The smallest absolute Gasteiger partial charge is 0.251 e. The highest BCUT2D eigenvalue weighted by Gasteiger charge is 2.15. The Bertz CT molecular complexity index is 801. The first-order valence-corrected chi connectivity index (χ1v) is 8.12. The minimum absolute atomic E-state index is 0.153. The van der Waals surface area contributed by atoms with Gasteiger partial charge in [0.2, 0.25) is 0 Å². The number of carbonyl (C=O) groups is 1. The molecular formula is C19H20N4O2. The lowest BCUT2D eigenvalue weighted by molar-refractivity contribution is 0.0917. The van der Waals surface area contributed by atoms with E-state index >= 15 is 0 Å².